The Morgan fingerprint density at radius 3 is 2.63 bits per heavy atom. The number of carbonyl (C=O) groups excluding carboxylic acids is 1. The van der Waals surface area contributed by atoms with E-state index >= 15 is 0 Å². The molecule has 5 rings (SSSR count). The first kappa shape index (κ1) is 18.4. The molecule has 0 N–H and O–H groups in total. The Labute approximate surface area is 175 Å². The third kappa shape index (κ3) is 2.54. The van der Waals surface area contributed by atoms with Gasteiger partial charge in [-0.3, -0.25) is 14.5 Å². The molecular weight excluding hydrogens is 404 g/mol. The van der Waals surface area contributed by atoms with Gasteiger partial charge in [0.05, 0.1) is 25.2 Å². The number of rotatable bonds is 4. The molecule has 0 fully saturated rings. The number of nitrogens with zero attached hydrogens (tertiary/aromatic N) is 2. The Kier molecular flexibility index (Phi) is 4.29. The molecule has 8 heteroatoms. The first-order chi connectivity index (χ1) is 14.7. The summed E-state index contributed by atoms with van der Waals surface area (Å²) in [6, 6.07) is 11.5. The monoisotopic (exact) mass is 420 g/mol. The summed E-state index contributed by atoms with van der Waals surface area (Å²) in [5.74, 6) is 0.543. The molecule has 1 aliphatic heterocycles. The summed E-state index contributed by atoms with van der Waals surface area (Å²) in [4.78, 5) is 32.7. The Hall–Kier alpha value is -3.65. The van der Waals surface area contributed by atoms with E-state index in [9.17, 15) is 9.59 Å². The van der Waals surface area contributed by atoms with Gasteiger partial charge in [0, 0.05) is 17.1 Å². The Bertz CT molecular complexity index is 1330. The number of anilines is 1. The largest absolute Gasteiger partial charge is 0.493 e. The lowest BCUT2D eigenvalue weighted by atomic mass is 9.97. The average Bonchev–Trinajstić information content (AvgIpc) is 3.40. The topological polar surface area (TPSA) is 81.9 Å². The van der Waals surface area contributed by atoms with Gasteiger partial charge in [0.15, 0.2) is 22.1 Å². The minimum atomic E-state index is -0.760. The van der Waals surface area contributed by atoms with Gasteiger partial charge in [0.2, 0.25) is 5.76 Å². The first-order valence-corrected chi connectivity index (χ1v) is 10.0. The summed E-state index contributed by atoms with van der Waals surface area (Å²) in [5, 5.41) is 2.65. The summed E-state index contributed by atoms with van der Waals surface area (Å²) in [6.07, 6.45) is 1.61. The molecule has 2 aromatic heterocycles. The molecule has 7 nitrogen and oxygen atoms in total. The number of carbonyl (C=O) groups is 1. The zero-order valence-electron chi connectivity index (χ0n) is 16.1. The van der Waals surface area contributed by atoms with Crippen molar-refractivity contribution in [3.63, 3.8) is 0 Å². The van der Waals surface area contributed by atoms with E-state index in [0.717, 1.165) is 0 Å². The molecule has 0 spiro atoms. The van der Waals surface area contributed by atoms with Crippen LogP contribution in [-0.2, 0) is 0 Å². The highest BCUT2D eigenvalue weighted by Crippen LogP contribution is 2.46. The van der Waals surface area contributed by atoms with Gasteiger partial charge >= 0.3 is 0 Å². The number of benzene rings is 2. The van der Waals surface area contributed by atoms with E-state index in [1.165, 1.54) is 30.5 Å². The van der Waals surface area contributed by atoms with Crippen molar-refractivity contribution in [1.29, 1.82) is 0 Å². The van der Waals surface area contributed by atoms with Gasteiger partial charge in [-0.05, 0) is 18.2 Å². The Balaban J connectivity index is 1.86. The molecule has 0 saturated carbocycles. The second kappa shape index (κ2) is 7.00. The molecule has 0 bridgehead atoms. The van der Waals surface area contributed by atoms with Crippen molar-refractivity contribution < 1.29 is 18.7 Å². The lowest BCUT2D eigenvalue weighted by Gasteiger charge is -2.24. The fraction of sp³-hybridized carbons (Fsp3) is 0.136. The van der Waals surface area contributed by atoms with E-state index in [1.807, 2.05) is 6.07 Å². The van der Waals surface area contributed by atoms with Gasteiger partial charge in [0.25, 0.3) is 5.91 Å². The number of methoxy groups -OCH3 is 2. The quantitative estimate of drug-likeness (QED) is 0.496. The van der Waals surface area contributed by atoms with E-state index in [0.29, 0.717) is 33.2 Å². The van der Waals surface area contributed by atoms with Crippen LogP contribution in [0.4, 0.5) is 5.13 Å². The number of hydrogen-bond acceptors (Lipinski definition) is 7. The smallest absolute Gasteiger partial charge is 0.297 e. The van der Waals surface area contributed by atoms with Crippen LogP contribution in [0.15, 0.2) is 63.3 Å². The maximum Gasteiger partial charge on any atom is 0.297 e. The van der Waals surface area contributed by atoms with E-state index in [-0.39, 0.29) is 16.8 Å². The maximum atomic E-state index is 13.5. The predicted octanol–water partition coefficient (Wildman–Crippen LogP) is 4.02. The van der Waals surface area contributed by atoms with Crippen molar-refractivity contribution in [2.45, 2.75) is 6.04 Å². The van der Waals surface area contributed by atoms with Gasteiger partial charge in [-0.25, -0.2) is 4.98 Å². The fourth-order valence-electron chi connectivity index (χ4n) is 3.87. The number of ether oxygens (including phenoxy) is 2. The second-order valence-electron chi connectivity index (χ2n) is 6.65. The Morgan fingerprint density at radius 2 is 1.90 bits per heavy atom. The van der Waals surface area contributed by atoms with Gasteiger partial charge in [0.1, 0.15) is 11.6 Å². The van der Waals surface area contributed by atoms with Crippen LogP contribution < -0.4 is 19.8 Å². The van der Waals surface area contributed by atoms with Gasteiger partial charge in [-0.2, -0.15) is 0 Å². The van der Waals surface area contributed by atoms with Crippen LogP contribution in [0.5, 0.6) is 11.5 Å². The number of thiazole rings is 1. The molecule has 0 saturated heterocycles. The lowest BCUT2D eigenvalue weighted by Crippen LogP contribution is -2.29. The van der Waals surface area contributed by atoms with Crippen LogP contribution in [0.2, 0.25) is 0 Å². The molecular formula is C22H16N2O5S. The zero-order valence-corrected chi connectivity index (χ0v) is 16.9. The van der Waals surface area contributed by atoms with Crippen LogP contribution in [0, 0.1) is 0 Å². The number of para-hydroxylation sites is 2. The van der Waals surface area contributed by atoms with Crippen molar-refractivity contribution in [1.82, 2.24) is 4.98 Å². The molecule has 4 aromatic rings. The van der Waals surface area contributed by atoms with Crippen molar-refractivity contribution in [3.05, 3.63) is 81.2 Å². The van der Waals surface area contributed by atoms with Crippen molar-refractivity contribution in [2.75, 3.05) is 19.1 Å². The number of amides is 1. The minimum Gasteiger partial charge on any atom is -0.493 e. The average molecular weight is 420 g/mol. The lowest BCUT2D eigenvalue weighted by molar-refractivity contribution is 0.0970. The molecule has 0 radical (unpaired) electrons. The molecule has 0 aliphatic carbocycles. The third-order valence-electron chi connectivity index (χ3n) is 5.13. The van der Waals surface area contributed by atoms with Crippen LogP contribution in [-0.4, -0.2) is 25.1 Å². The highest BCUT2D eigenvalue weighted by Gasteiger charge is 2.46. The SMILES string of the molecule is COc1cccc(C2c3c(oc4ccccc4c3=O)C(=O)N2c2nccs2)c1OC. The van der Waals surface area contributed by atoms with Crippen LogP contribution in [0.1, 0.15) is 27.7 Å². The van der Waals surface area contributed by atoms with E-state index < -0.39 is 11.9 Å². The van der Waals surface area contributed by atoms with Crippen molar-refractivity contribution in [3.8, 4) is 11.5 Å². The minimum absolute atomic E-state index is 0.0174. The summed E-state index contributed by atoms with van der Waals surface area (Å²) in [7, 11) is 3.06. The second-order valence-corrected chi connectivity index (χ2v) is 7.52. The number of aromatic nitrogens is 1. The zero-order chi connectivity index (χ0) is 20.8. The molecule has 3 heterocycles. The van der Waals surface area contributed by atoms with Gasteiger partial charge in [-0.1, -0.05) is 24.3 Å². The van der Waals surface area contributed by atoms with Crippen LogP contribution >= 0.6 is 11.3 Å². The molecule has 2 aromatic carbocycles. The summed E-state index contributed by atoms with van der Waals surface area (Å²) >= 11 is 1.30. The van der Waals surface area contributed by atoms with Crippen LogP contribution in [0.3, 0.4) is 0 Å². The number of hydrogen-bond donors (Lipinski definition) is 0. The normalized spacial score (nSPS) is 15.5. The standard InChI is InChI=1S/C22H16N2O5S/c1-27-15-9-5-7-13(19(15)28-2)17-16-18(25)12-6-3-4-8-14(12)29-20(16)21(26)24(17)22-23-10-11-30-22/h3-11,17H,1-2H3. The molecule has 1 aliphatic rings. The molecule has 1 amide bonds. The van der Waals surface area contributed by atoms with Gasteiger partial charge in [-0.15, -0.1) is 11.3 Å². The first-order valence-electron chi connectivity index (χ1n) is 9.15. The Morgan fingerprint density at radius 1 is 1.07 bits per heavy atom. The highest BCUT2D eigenvalue weighted by molar-refractivity contribution is 7.13. The maximum absolute atomic E-state index is 13.5. The van der Waals surface area contributed by atoms with Gasteiger partial charge < -0.3 is 13.9 Å². The van der Waals surface area contributed by atoms with Crippen molar-refractivity contribution in [2.24, 2.45) is 0 Å². The highest BCUT2D eigenvalue weighted by atomic mass is 32.1. The third-order valence-corrected chi connectivity index (χ3v) is 5.90. The summed E-state index contributed by atoms with van der Waals surface area (Å²) in [5.41, 5.74) is 0.989. The van der Waals surface area contributed by atoms with E-state index in [2.05, 4.69) is 4.98 Å². The van der Waals surface area contributed by atoms with E-state index in [4.69, 9.17) is 13.9 Å². The number of fused-ring (bicyclic) bond motifs is 2. The van der Waals surface area contributed by atoms with E-state index in [1.54, 1.807) is 48.0 Å². The van der Waals surface area contributed by atoms with Crippen molar-refractivity contribution >= 4 is 33.3 Å². The summed E-state index contributed by atoms with van der Waals surface area (Å²) in [6.45, 7) is 0. The molecule has 1 atom stereocenters. The fourth-order valence-corrected chi connectivity index (χ4v) is 4.54. The molecule has 1 unspecified atom stereocenters. The van der Waals surface area contributed by atoms with Crippen LogP contribution in [0.25, 0.3) is 11.0 Å². The predicted molar refractivity (Wildman–Crippen MR) is 113 cm³/mol. The molecule has 30 heavy (non-hydrogen) atoms. The molecule has 150 valence electrons. The summed E-state index contributed by atoms with van der Waals surface area (Å²) < 4.78 is 17.0.